The van der Waals surface area contributed by atoms with Crippen molar-refractivity contribution in [1.29, 1.82) is 0 Å². The second-order valence-corrected chi connectivity index (χ2v) is 13.2. The lowest BCUT2D eigenvalue weighted by Crippen LogP contribution is -2.61. The van der Waals surface area contributed by atoms with Crippen LogP contribution >= 0.6 is 23.2 Å². The van der Waals surface area contributed by atoms with Gasteiger partial charge < -0.3 is 14.2 Å². The molecule has 2 amide bonds. The molecule has 5 rings (SSSR count). The fraction of sp³-hybridized carbons (Fsp3) is 0.344. The predicted octanol–water partition coefficient (Wildman–Crippen LogP) is 5.09. The van der Waals surface area contributed by atoms with E-state index in [0.29, 0.717) is 50.7 Å². The summed E-state index contributed by atoms with van der Waals surface area (Å²) in [6, 6.07) is 16.9. The van der Waals surface area contributed by atoms with Gasteiger partial charge in [0.1, 0.15) is 6.26 Å². The molecule has 1 saturated carbocycles. The smallest absolute Gasteiger partial charge is 0.337 e. The summed E-state index contributed by atoms with van der Waals surface area (Å²) >= 11 is 11.6. The van der Waals surface area contributed by atoms with E-state index in [2.05, 4.69) is 5.48 Å². The number of carbonyl (C=O) groups is 3. The van der Waals surface area contributed by atoms with E-state index in [1.807, 2.05) is 0 Å². The van der Waals surface area contributed by atoms with E-state index in [0.717, 1.165) is 12.8 Å². The van der Waals surface area contributed by atoms with Gasteiger partial charge in [0, 0.05) is 15.6 Å². The first kappa shape index (κ1) is 33.2. The Morgan fingerprint density at radius 1 is 1.07 bits per heavy atom. The Bertz CT molecular complexity index is 1580. The van der Waals surface area contributed by atoms with Gasteiger partial charge in [-0.1, -0.05) is 76.9 Å². The molecule has 0 bridgehead atoms. The maximum Gasteiger partial charge on any atom is 0.337 e. The van der Waals surface area contributed by atoms with Crippen molar-refractivity contribution in [2.24, 2.45) is 5.84 Å². The summed E-state index contributed by atoms with van der Waals surface area (Å²) < 4.78 is 18.6. The van der Waals surface area contributed by atoms with Crippen LogP contribution in [-0.2, 0) is 32.3 Å². The van der Waals surface area contributed by atoms with Crippen LogP contribution in [0.2, 0.25) is 10.0 Å². The zero-order valence-electron chi connectivity index (χ0n) is 24.8. The van der Waals surface area contributed by atoms with Gasteiger partial charge in [0.15, 0.2) is 0 Å². The van der Waals surface area contributed by atoms with Crippen molar-refractivity contribution >= 4 is 52.3 Å². The topological polar surface area (TPSA) is 137 Å². The molecule has 10 nitrogen and oxygen atoms in total. The first-order chi connectivity index (χ1) is 21.6. The van der Waals surface area contributed by atoms with Crippen molar-refractivity contribution in [3.8, 4) is 0 Å². The Morgan fingerprint density at radius 3 is 2.56 bits per heavy atom. The number of benzene rings is 3. The Balaban J connectivity index is 1.55. The highest BCUT2D eigenvalue weighted by molar-refractivity contribution is 7.88. The molecule has 0 aromatic heterocycles. The van der Waals surface area contributed by atoms with Crippen LogP contribution in [0.25, 0.3) is 0 Å². The van der Waals surface area contributed by atoms with Crippen LogP contribution in [0.5, 0.6) is 0 Å². The summed E-state index contributed by atoms with van der Waals surface area (Å²) in [6.45, 7) is -0.0326. The number of rotatable bonds is 9. The van der Waals surface area contributed by atoms with Gasteiger partial charge in [0.05, 0.1) is 54.7 Å². The number of hydrazine groups is 1. The number of esters is 1. The summed E-state index contributed by atoms with van der Waals surface area (Å²) in [7, 11) is 1.30. The molecule has 2 aliphatic rings. The Kier molecular flexibility index (Phi) is 10.7. The number of methoxy groups -OCH3 is 1. The summed E-state index contributed by atoms with van der Waals surface area (Å²) in [6.07, 6.45) is 4.39. The zero-order chi connectivity index (χ0) is 32.2. The third-order valence-electron chi connectivity index (χ3n) is 8.37. The Labute approximate surface area is 275 Å². The Morgan fingerprint density at radius 2 is 1.82 bits per heavy atom. The van der Waals surface area contributed by atoms with Crippen LogP contribution < -0.4 is 11.3 Å². The second-order valence-electron chi connectivity index (χ2n) is 11.0. The molecule has 13 heteroatoms. The van der Waals surface area contributed by atoms with Gasteiger partial charge in [-0.2, -0.15) is 0 Å². The molecular weight excluding hydrogens is 639 g/mol. The third-order valence-corrected chi connectivity index (χ3v) is 9.80. The molecule has 1 aliphatic heterocycles. The SMILES string of the molecule is COC(=O)c1cccc(CONC(=O)[C@H]2c3ccccc3C(=O)N([C@@H]3CCCC[C@H]3N(N)[S+](C)[O-])[C@@H]2c2ccc(Cl)cc2Cl)c1. The minimum absolute atomic E-state index is 0.0326. The number of nitrogens with one attached hydrogen (secondary N) is 1. The minimum Gasteiger partial charge on any atom is -0.597 e. The van der Waals surface area contributed by atoms with Crippen LogP contribution in [0.15, 0.2) is 66.7 Å². The maximum absolute atomic E-state index is 14.4. The zero-order valence-corrected chi connectivity index (χ0v) is 27.1. The molecule has 45 heavy (non-hydrogen) atoms. The number of hydrogen-bond donors (Lipinski definition) is 2. The lowest BCUT2D eigenvalue weighted by atomic mass is 9.76. The van der Waals surface area contributed by atoms with Gasteiger partial charge in [-0.05, 0) is 59.9 Å². The first-order valence-corrected chi connectivity index (χ1v) is 16.7. The lowest BCUT2D eigenvalue weighted by molar-refractivity contribution is -0.138. The van der Waals surface area contributed by atoms with E-state index >= 15 is 0 Å². The van der Waals surface area contributed by atoms with E-state index in [1.165, 1.54) is 17.8 Å². The van der Waals surface area contributed by atoms with Crippen molar-refractivity contribution in [2.75, 3.05) is 13.4 Å². The number of fused-ring (bicyclic) bond motifs is 1. The molecule has 0 radical (unpaired) electrons. The summed E-state index contributed by atoms with van der Waals surface area (Å²) in [5.41, 5.74) is 4.98. The molecule has 5 atom stereocenters. The van der Waals surface area contributed by atoms with E-state index in [-0.39, 0.29) is 12.5 Å². The maximum atomic E-state index is 14.4. The van der Waals surface area contributed by atoms with E-state index in [1.54, 1.807) is 71.6 Å². The van der Waals surface area contributed by atoms with Crippen molar-refractivity contribution in [3.63, 3.8) is 0 Å². The molecule has 1 heterocycles. The fourth-order valence-electron chi connectivity index (χ4n) is 6.34. The number of halogens is 2. The highest BCUT2D eigenvalue weighted by atomic mass is 35.5. The van der Waals surface area contributed by atoms with Crippen molar-refractivity contribution < 1.29 is 28.5 Å². The molecule has 0 spiro atoms. The molecular formula is C32H34Cl2N4O6S. The standard InChI is InChI=1S/C32H34Cl2N4O6S/c1-43-32(41)20-9-7-8-19(16-20)18-44-36-30(39)28-22-10-3-4-11-23(22)31(40)37(29(28)24-15-14-21(33)17-25(24)34)26-12-5-6-13-27(26)38(35)45(2)42/h3-4,7-11,14-17,26-29H,5-6,12-13,18,35H2,1-2H3,(H,36,39)/t26-,27-,28+,29-,45?/m1/s1. The van der Waals surface area contributed by atoms with Gasteiger partial charge in [0.25, 0.3) is 11.8 Å². The molecule has 3 aromatic carbocycles. The number of hydrogen-bond acceptors (Lipinski definition) is 8. The molecule has 1 aliphatic carbocycles. The minimum atomic E-state index is -1.50. The average molecular weight is 674 g/mol. The van der Waals surface area contributed by atoms with Gasteiger partial charge >= 0.3 is 5.97 Å². The van der Waals surface area contributed by atoms with E-state index in [9.17, 15) is 18.9 Å². The number of nitrogens with zero attached hydrogens (tertiary/aromatic N) is 2. The van der Waals surface area contributed by atoms with Crippen LogP contribution in [0.3, 0.4) is 0 Å². The van der Waals surface area contributed by atoms with Gasteiger partial charge in [-0.25, -0.2) is 16.1 Å². The van der Waals surface area contributed by atoms with Crippen LogP contribution in [-0.4, -0.2) is 57.1 Å². The highest BCUT2D eigenvalue weighted by Crippen LogP contribution is 2.48. The van der Waals surface area contributed by atoms with Crippen LogP contribution in [0, 0.1) is 0 Å². The van der Waals surface area contributed by atoms with Gasteiger partial charge in [0.2, 0.25) is 0 Å². The van der Waals surface area contributed by atoms with E-state index < -0.39 is 47.3 Å². The Hall–Kier alpha value is -3.16. The number of nitrogens with two attached hydrogens (primary N) is 1. The molecule has 1 unspecified atom stereocenters. The molecule has 238 valence electrons. The predicted molar refractivity (Wildman–Crippen MR) is 171 cm³/mol. The molecule has 3 N–H and O–H groups in total. The molecule has 0 saturated heterocycles. The van der Waals surface area contributed by atoms with Crippen molar-refractivity contribution in [3.05, 3.63) is 105 Å². The molecule has 1 fully saturated rings. The van der Waals surface area contributed by atoms with Gasteiger partial charge in [-0.3, -0.25) is 14.4 Å². The van der Waals surface area contributed by atoms with Gasteiger partial charge in [-0.15, -0.1) is 0 Å². The second kappa shape index (κ2) is 14.5. The monoisotopic (exact) mass is 672 g/mol. The number of ether oxygens (including phenoxy) is 1. The third kappa shape index (κ3) is 7.00. The van der Waals surface area contributed by atoms with Crippen LogP contribution in [0.4, 0.5) is 0 Å². The fourth-order valence-corrected chi connectivity index (χ4v) is 7.48. The largest absolute Gasteiger partial charge is 0.597 e. The lowest BCUT2D eigenvalue weighted by Gasteiger charge is -2.49. The quantitative estimate of drug-likeness (QED) is 0.139. The molecule has 3 aromatic rings. The number of carbonyl (C=O) groups excluding carboxylic acids is 3. The number of amides is 2. The summed E-state index contributed by atoms with van der Waals surface area (Å²) in [5.74, 6) is 4.12. The highest BCUT2D eigenvalue weighted by Gasteiger charge is 2.50. The summed E-state index contributed by atoms with van der Waals surface area (Å²) in [5, 5.41) is 0.695. The first-order valence-electron chi connectivity index (χ1n) is 14.4. The van der Waals surface area contributed by atoms with Crippen molar-refractivity contribution in [1.82, 2.24) is 14.8 Å². The van der Waals surface area contributed by atoms with E-state index in [4.69, 9.17) is 38.6 Å². The normalized spacial score (nSPS) is 22.1. The summed E-state index contributed by atoms with van der Waals surface area (Å²) in [4.78, 5) is 47.9. The average Bonchev–Trinajstić information content (AvgIpc) is 3.04. The van der Waals surface area contributed by atoms with Crippen LogP contribution in [0.1, 0.15) is 75.0 Å². The number of hydroxylamine groups is 1. The van der Waals surface area contributed by atoms with Crippen molar-refractivity contribution in [2.45, 2.75) is 56.3 Å².